The summed E-state index contributed by atoms with van der Waals surface area (Å²) in [6.45, 7) is 11.7. The van der Waals surface area contributed by atoms with E-state index in [1.54, 1.807) is 20.0 Å². The third-order valence-corrected chi connectivity index (χ3v) is 5.16. The van der Waals surface area contributed by atoms with E-state index in [4.69, 9.17) is 9.31 Å². The standard InChI is InChI=1S/C20H26BNO3/c1-18(2,23)17-12-9-15(13-22-17)14-7-10-16(11-8-14)21-24-19(3,4)20(5,6)25-21/h7-13,23H,1-6H3. The van der Waals surface area contributed by atoms with Crippen molar-refractivity contribution in [1.29, 1.82) is 0 Å². The molecule has 25 heavy (non-hydrogen) atoms. The number of benzene rings is 1. The number of aliphatic hydroxyl groups is 1. The molecule has 5 heteroatoms. The Kier molecular flexibility index (Phi) is 4.30. The minimum absolute atomic E-state index is 0.340. The van der Waals surface area contributed by atoms with Crippen molar-refractivity contribution < 1.29 is 14.4 Å². The lowest BCUT2D eigenvalue weighted by atomic mass is 9.78. The predicted molar refractivity (Wildman–Crippen MR) is 101 cm³/mol. The van der Waals surface area contributed by atoms with Gasteiger partial charge in [-0.25, -0.2) is 0 Å². The van der Waals surface area contributed by atoms with E-state index in [0.29, 0.717) is 5.69 Å². The van der Waals surface area contributed by atoms with Gasteiger partial charge >= 0.3 is 7.12 Å². The lowest BCUT2D eigenvalue weighted by molar-refractivity contribution is 0.00578. The lowest BCUT2D eigenvalue weighted by Gasteiger charge is -2.32. The molecule has 0 saturated carbocycles. The zero-order valence-electron chi connectivity index (χ0n) is 15.8. The molecule has 1 aliphatic rings. The van der Waals surface area contributed by atoms with Crippen LogP contribution in [0.25, 0.3) is 11.1 Å². The summed E-state index contributed by atoms with van der Waals surface area (Å²) in [5.74, 6) is 0. The first-order chi connectivity index (χ1) is 11.5. The van der Waals surface area contributed by atoms with E-state index in [0.717, 1.165) is 16.6 Å². The summed E-state index contributed by atoms with van der Waals surface area (Å²) in [4.78, 5) is 4.36. The van der Waals surface area contributed by atoms with Gasteiger partial charge in [0.1, 0.15) is 5.60 Å². The van der Waals surface area contributed by atoms with Crippen molar-refractivity contribution in [1.82, 2.24) is 4.98 Å². The molecule has 1 aromatic heterocycles. The number of rotatable bonds is 3. The highest BCUT2D eigenvalue weighted by Gasteiger charge is 2.51. The molecule has 2 aromatic rings. The van der Waals surface area contributed by atoms with E-state index >= 15 is 0 Å². The first-order valence-electron chi connectivity index (χ1n) is 8.64. The average molecular weight is 339 g/mol. The molecule has 0 bridgehead atoms. The van der Waals surface area contributed by atoms with Crippen LogP contribution < -0.4 is 5.46 Å². The Labute approximate surface area is 150 Å². The Morgan fingerprint density at radius 2 is 1.40 bits per heavy atom. The summed E-state index contributed by atoms with van der Waals surface area (Å²) in [5.41, 5.74) is 2.12. The number of aromatic nitrogens is 1. The first kappa shape index (κ1) is 18.1. The first-order valence-corrected chi connectivity index (χ1v) is 8.64. The minimum atomic E-state index is -0.931. The van der Waals surface area contributed by atoms with Gasteiger partial charge in [0, 0.05) is 11.8 Å². The van der Waals surface area contributed by atoms with Gasteiger partial charge in [-0.2, -0.15) is 0 Å². The van der Waals surface area contributed by atoms with Crippen LogP contribution in [0.5, 0.6) is 0 Å². The van der Waals surface area contributed by atoms with Gasteiger partial charge in [0.05, 0.1) is 16.9 Å². The van der Waals surface area contributed by atoms with E-state index in [1.807, 2.05) is 36.4 Å². The fourth-order valence-electron chi connectivity index (χ4n) is 2.74. The summed E-state index contributed by atoms with van der Waals surface area (Å²) in [6.07, 6.45) is 1.79. The van der Waals surface area contributed by atoms with Crippen molar-refractivity contribution in [3.8, 4) is 11.1 Å². The summed E-state index contributed by atoms with van der Waals surface area (Å²) in [6, 6.07) is 12.0. The van der Waals surface area contributed by atoms with Crippen LogP contribution in [0.1, 0.15) is 47.2 Å². The highest BCUT2D eigenvalue weighted by atomic mass is 16.7. The second kappa shape index (κ2) is 5.94. The van der Waals surface area contributed by atoms with E-state index in [-0.39, 0.29) is 18.3 Å². The second-order valence-corrected chi connectivity index (χ2v) is 8.20. The van der Waals surface area contributed by atoms with Crippen molar-refractivity contribution in [2.45, 2.75) is 58.3 Å². The van der Waals surface area contributed by atoms with E-state index in [2.05, 4.69) is 32.7 Å². The largest absolute Gasteiger partial charge is 0.494 e. The third kappa shape index (κ3) is 3.50. The van der Waals surface area contributed by atoms with Gasteiger partial charge in [0.15, 0.2) is 0 Å². The number of hydrogen-bond donors (Lipinski definition) is 1. The molecular formula is C20H26BNO3. The summed E-state index contributed by atoms with van der Waals surface area (Å²) < 4.78 is 12.2. The second-order valence-electron chi connectivity index (χ2n) is 8.20. The van der Waals surface area contributed by atoms with E-state index in [1.165, 1.54) is 0 Å². The topological polar surface area (TPSA) is 51.6 Å². The minimum Gasteiger partial charge on any atom is -0.399 e. The van der Waals surface area contributed by atoms with E-state index < -0.39 is 5.60 Å². The molecule has 3 rings (SSSR count). The van der Waals surface area contributed by atoms with Crippen LogP contribution in [0.15, 0.2) is 42.6 Å². The molecule has 4 nitrogen and oxygen atoms in total. The SMILES string of the molecule is CC(C)(O)c1ccc(-c2ccc(B3OC(C)(C)C(C)(C)O3)cc2)cn1. The maximum atomic E-state index is 10.0. The number of pyridine rings is 1. The summed E-state index contributed by atoms with van der Waals surface area (Å²) in [5, 5.41) is 10.0. The zero-order valence-corrected chi connectivity index (χ0v) is 15.8. The molecule has 0 radical (unpaired) electrons. The monoisotopic (exact) mass is 339 g/mol. The molecule has 1 saturated heterocycles. The smallest absolute Gasteiger partial charge is 0.399 e. The molecule has 1 N–H and O–H groups in total. The highest BCUT2D eigenvalue weighted by molar-refractivity contribution is 6.62. The van der Waals surface area contributed by atoms with Crippen LogP contribution in [0.3, 0.4) is 0 Å². The van der Waals surface area contributed by atoms with Gasteiger partial charge in [-0.05, 0) is 58.6 Å². The third-order valence-electron chi connectivity index (χ3n) is 5.16. The van der Waals surface area contributed by atoms with Gasteiger partial charge in [-0.3, -0.25) is 4.98 Å². The van der Waals surface area contributed by atoms with Crippen LogP contribution in [0.4, 0.5) is 0 Å². The van der Waals surface area contributed by atoms with Crippen LogP contribution in [-0.2, 0) is 14.9 Å². The Bertz CT molecular complexity index is 730. The van der Waals surface area contributed by atoms with Crippen LogP contribution >= 0.6 is 0 Å². The van der Waals surface area contributed by atoms with Crippen molar-refractivity contribution in [2.75, 3.05) is 0 Å². The maximum absolute atomic E-state index is 10.0. The molecule has 132 valence electrons. The Morgan fingerprint density at radius 3 is 1.84 bits per heavy atom. The Hall–Kier alpha value is -1.69. The Morgan fingerprint density at radius 1 is 0.880 bits per heavy atom. The molecular weight excluding hydrogens is 313 g/mol. The number of hydrogen-bond acceptors (Lipinski definition) is 4. The molecule has 2 heterocycles. The maximum Gasteiger partial charge on any atom is 0.494 e. The molecule has 0 spiro atoms. The predicted octanol–water partition coefficient (Wildman–Crippen LogP) is 3.28. The Balaban J connectivity index is 1.79. The zero-order chi connectivity index (χ0) is 18.5. The van der Waals surface area contributed by atoms with Gasteiger partial charge in [0.25, 0.3) is 0 Å². The molecule has 1 aromatic carbocycles. The van der Waals surface area contributed by atoms with Crippen LogP contribution in [0.2, 0.25) is 0 Å². The van der Waals surface area contributed by atoms with Gasteiger partial charge < -0.3 is 14.4 Å². The van der Waals surface area contributed by atoms with Crippen molar-refractivity contribution >= 4 is 12.6 Å². The average Bonchev–Trinajstić information content (AvgIpc) is 2.75. The number of nitrogens with zero attached hydrogens (tertiary/aromatic N) is 1. The molecule has 1 fully saturated rings. The fraction of sp³-hybridized carbons (Fsp3) is 0.450. The fourth-order valence-corrected chi connectivity index (χ4v) is 2.74. The highest BCUT2D eigenvalue weighted by Crippen LogP contribution is 2.36. The molecule has 0 atom stereocenters. The normalized spacial score (nSPS) is 19.2. The van der Waals surface area contributed by atoms with Gasteiger partial charge in [0.2, 0.25) is 0 Å². The molecule has 1 aliphatic heterocycles. The molecule has 0 unspecified atom stereocenters. The van der Waals surface area contributed by atoms with Crippen molar-refractivity contribution in [3.05, 3.63) is 48.3 Å². The summed E-state index contributed by atoms with van der Waals surface area (Å²) >= 11 is 0. The van der Waals surface area contributed by atoms with Gasteiger partial charge in [-0.15, -0.1) is 0 Å². The lowest BCUT2D eigenvalue weighted by Crippen LogP contribution is -2.41. The molecule has 0 amide bonds. The molecule has 0 aliphatic carbocycles. The van der Waals surface area contributed by atoms with Crippen LogP contribution in [0, 0.1) is 0 Å². The van der Waals surface area contributed by atoms with E-state index in [9.17, 15) is 5.11 Å². The van der Waals surface area contributed by atoms with Crippen LogP contribution in [-0.4, -0.2) is 28.4 Å². The van der Waals surface area contributed by atoms with Gasteiger partial charge in [-0.1, -0.05) is 30.3 Å². The van der Waals surface area contributed by atoms with Crippen molar-refractivity contribution in [3.63, 3.8) is 0 Å². The summed E-state index contributed by atoms with van der Waals surface area (Å²) in [7, 11) is -0.352. The quantitative estimate of drug-likeness (QED) is 0.872. The van der Waals surface area contributed by atoms with Crippen molar-refractivity contribution in [2.24, 2.45) is 0 Å².